The minimum atomic E-state index is 0.812. The standard InChI is InChI=1S/C12H23N3/c1-14-4-6-15(7-5-14)13-12-9-10-2-3-11(12)8-10/h10-13H,2-9H2,1H3/t10-,11+,12-/m0/s1. The number of piperazine rings is 1. The van der Waals surface area contributed by atoms with Gasteiger partial charge in [-0.05, 0) is 38.1 Å². The van der Waals surface area contributed by atoms with Crippen molar-refractivity contribution >= 4 is 0 Å². The molecule has 2 saturated carbocycles. The van der Waals surface area contributed by atoms with Crippen LogP contribution in [0.2, 0.25) is 0 Å². The molecule has 0 radical (unpaired) electrons. The average Bonchev–Trinajstić information content (AvgIpc) is 2.83. The van der Waals surface area contributed by atoms with E-state index in [0.29, 0.717) is 0 Å². The van der Waals surface area contributed by atoms with E-state index in [1.165, 1.54) is 51.9 Å². The number of rotatable bonds is 2. The van der Waals surface area contributed by atoms with E-state index in [1.54, 1.807) is 0 Å². The SMILES string of the molecule is CN1CCN(N[C@H]2C[C@H]3CC[C@@H]2C3)CC1. The van der Waals surface area contributed by atoms with Crippen molar-refractivity contribution in [1.29, 1.82) is 0 Å². The van der Waals surface area contributed by atoms with Crippen molar-refractivity contribution in [2.75, 3.05) is 33.2 Å². The normalized spacial score (nSPS) is 42.6. The monoisotopic (exact) mass is 209 g/mol. The number of likely N-dealkylation sites (N-methyl/N-ethyl adjacent to an activating group) is 1. The van der Waals surface area contributed by atoms with Crippen LogP contribution in [0.15, 0.2) is 0 Å². The molecular formula is C12H23N3. The Hall–Kier alpha value is -0.120. The molecule has 86 valence electrons. The Balaban J connectivity index is 1.49. The van der Waals surface area contributed by atoms with Gasteiger partial charge in [-0.1, -0.05) is 6.42 Å². The van der Waals surface area contributed by atoms with Gasteiger partial charge in [0, 0.05) is 32.2 Å². The lowest BCUT2D eigenvalue weighted by molar-refractivity contribution is 0.0740. The molecule has 3 fully saturated rings. The number of fused-ring (bicyclic) bond motifs is 2. The van der Waals surface area contributed by atoms with Gasteiger partial charge in [0.05, 0.1) is 0 Å². The van der Waals surface area contributed by atoms with Crippen LogP contribution in [0.5, 0.6) is 0 Å². The van der Waals surface area contributed by atoms with Gasteiger partial charge < -0.3 is 4.90 Å². The van der Waals surface area contributed by atoms with Crippen molar-refractivity contribution in [2.24, 2.45) is 11.8 Å². The van der Waals surface area contributed by atoms with Crippen molar-refractivity contribution in [2.45, 2.75) is 31.7 Å². The van der Waals surface area contributed by atoms with Gasteiger partial charge in [-0.15, -0.1) is 0 Å². The average molecular weight is 209 g/mol. The fourth-order valence-electron chi connectivity index (χ4n) is 3.57. The van der Waals surface area contributed by atoms with E-state index in [-0.39, 0.29) is 0 Å². The fourth-order valence-corrected chi connectivity index (χ4v) is 3.57. The molecule has 0 spiro atoms. The van der Waals surface area contributed by atoms with E-state index in [9.17, 15) is 0 Å². The van der Waals surface area contributed by atoms with Crippen LogP contribution in [-0.2, 0) is 0 Å². The zero-order chi connectivity index (χ0) is 10.3. The Morgan fingerprint density at radius 1 is 1.00 bits per heavy atom. The summed E-state index contributed by atoms with van der Waals surface area (Å²) in [6.07, 6.45) is 5.93. The number of hydrazine groups is 1. The summed E-state index contributed by atoms with van der Waals surface area (Å²) in [5, 5.41) is 2.46. The van der Waals surface area contributed by atoms with E-state index in [4.69, 9.17) is 0 Å². The fraction of sp³-hybridized carbons (Fsp3) is 1.00. The second kappa shape index (κ2) is 4.04. The van der Waals surface area contributed by atoms with E-state index in [1.807, 2.05) is 0 Å². The number of hydrogen-bond donors (Lipinski definition) is 1. The molecule has 0 unspecified atom stereocenters. The Labute approximate surface area is 92.8 Å². The summed E-state index contributed by atoms with van der Waals surface area (Å²) < 4.78 is 0. The van der Waals surface area contributed by atoms with Gasteiger partial charge in [-0.2, -0.15) is 0 Å². The predicted octanol–water partition coefficient (Wildman–Crippen LogP) is 0.927. The van der Waals surface area contributed by atoms with Gasteiger partial charge >= 0.3 is 0 Å². The third-order valence-corrected chi connectivity index (χ3v) is 4.59. The first kappa shape index (κ1) is 10.1. The highest BCUT2D eigenvalue weighted by Crippen LogP contribution is 2.44. The van der Waals surface area contributed by atoms with Crippen LogP contribution in [0, 0.1) is 11.8 Å². The molecule has 15 heavy (non-hydrogen) atoms. The van der Waals surface area contributed by atoms with Crippen molar-refractivity contribution in [3.63, 3.8) is 0 Å². The second-order valence-corrected chi connectivity index (χ2v) is 5.70. The van der Waals surface area contributed by atoms with Crippen molar-refractivity contribution in [1.82, 2.24) is 15.3 Å². The van der Waals surface area contributed by atoms with Gasteiger partial charge in [-0.3, -0.25) is 5.43 Å². The zero-order valence-electron chi connectivity index (χ0n) is 9.78. The Kier molecular flexibility index (Phi) is 2.71. The minimum Gasteiger partial charge on any atom is -0.304 e. The highest BCUT2D eigenvalue weighted by molar-refractivity contribution is 4.93. The number of nitrogens with one attached hydrogen (secondary N) is 1. The van der Waals surface area contributed by atoms with Gasteiger partial charge in [0.1, 0.15) is 0 Å². The summed E-state index contributed by atoms with van der Waals surface area (Å²) in [6, 6.07) is 0.812. The van der Waals surface area contributed by atoms with Crippen LogP contribution in [0.4, 0.5) is 0 Å². The Bertz CT molecular complexity index is 223. The van der Waals surface area contributed by atoms with Gasteiger partial charge in [0.15, 0.2) is 0 Å². The maximum Gasteiger partial charge on any atom is 0.0259 e. The molecule has 1 saturated heterocycles. The van der Waals surface area contributed by atoms with Crippen LogP contribution in [0.1, 0.15) is 25.7 Å². The molecule has 3 atom stereocenters. The third kappa shape index (κ3) is 2.05. The predicted molar refractivity (Wildman–Crippen MR) is 61.4 cm³/mol. The Morgan fingerprint density at radius 3 is 2.40 bits per heavy atom. The summed E-state index contributed by atoms with van der Waals surface area (Å²) in [5.41, 5.74) is 3.78. The van der Waals surface area contributed by atoms with Crippen LogP contribution < -0.4 is 5.43 Å². The molecule has 1 aliphatic heterocycles. The molecular weight excluding hydrogens is 186 g/mol. The van der Waals surface area contributed by atoms with E-state index < -0.39 is 0 Å². The summed E-state index contributed by atoms with van der Waals surface area (Å²) in [6.45, 7) is 4.83. The lowest BCUT2D eigenvalue weighted by Crippen LogP contribution is -2.54. The van der Waals surface area contributed by atoms with Crippen molar-refractivity contribution < 1.29 is 0 Å². The van der Waals surface area contributed by atoms with Crippen LogP contribution in [0.3, 0.4) is 0 Å². The third-order valence-electron chi connectivity index (χ3n) is 4.59. The minimum absolute atomic E-state index is 0.812. The molecule has 3 heteroatoms. The second-order valence-electron chi connectivity index (χ2n) is 5.70. The summed E-state index contributed by atoms with van der Waals surface area (Å²) in [4.78, 5) is 2.42. The highest BCUT2D eigenvalue weighted by Gasteiger charge is 2.40. The molecule has 0 aromatic heterocycles. The van der Waals surface area contributed by atoms with Gasteiger partial charge in [0.25, 0.3) is 0 Å². The summed E-state index contributed by atoms with van der Waals surface area (Å²) in [7, 11) is 2.22. The molecule has 3 nitrogen and oxygen atoms in total. The number of nitrogens with zero attached hydrogens (tertiary/aromatic N) is 2. The quantitative estimate of drug-likeness (QED) is 0.730. The molecule has 3 aliphatic rings. The van der Waals surface area contributed by atoms with Gasteiger partial charge in [-0.25, -0.2) is 5.01 Å². The highest BCUT2D eigenvalue weighted by atomic mass is 15.5. The molecule has 3 rings (SSSR count). The molecule has 1 heterocycles. The van der Waals surface area contributed by atoms with E-state index in [2.05, 4.69) is 22.4 Å². The van der Waals surface area contributed by atoms with Crippen molar-refractivity contribution in [3.8, 4) is 0 Å². The molecule has 2 aliphatic carbocycles. The Morgan fingerprint density at radius 2 is 1.80 bits per heavy atom. The molecule has 1 N–H and O–H groups in total. The largest absolute Gasteiger partial charge is 0.304 e. The van der Waals surface area contributed by atoms with Gasteiger partial charge in [0.2, 0.25) is 0 Å². The van der Waals surface area contributed by atoms with Crippen LogP contribution in [0.25, 0.3) is 0 Å². The molecule has 2 bridgehead atoms. The first-order chi connectivity index (χ1) is 7.31. The smallest absolute Gasteiger partial charge is 0.0259 e. The zero-order valence-corrected chi connectivity index (χ0v) is 9.78. The van der Waals surface area contributed by atoms with E-state index in [0.717, 1.165) is 17.9 Å². The molecule has 0 aromatic rings. The maximum absolute atomic E-state index is 3.78. The maximum atomic E-state index is 3.78. The topological polar surface area (TPSA) is 18.5 Å². The summed E-state index contributed by atoms with van der Waals surface area (Å²) in [5.74, 6) is 2.05. The van der Waals surface area contributed by atoms with Crippen molar-refractivity contribution in [3.05, 3.63) is 0 Å². The van der Waals surface area contributed by atoms with Crippen LogP contribution >= 0.6 is 0 Å². The lowest BCUT2D eigenvalue weighted by atomic mass is 9.96. The molecule has 0 aromatic carbocycles. The van der Waals surface area contributed by atoms with Crippen LogP contribution in [-0.4, -0.2) is 49.2 Å². The number of hydrogen-bond acceptors (Lipinski definition) is 3. The van der Waals surface area contributed by atoms with E-state index >= 15 is 0 Å². The first-order valence-electron chi connectivity index (χ1n) is 6.51. The lowest BCUT2D eigenvalue weighted by Gasteiger charge is -2.36. The summed E-state index contributed by atoms with van der Waals surface area (Å²) >= 11 is 0. The first-order valence-corrected chi connectivity index (χ1v) is 6.51. The molecule has 0 amide bonds.